The Kier molecular flexibility index (Phi) is 12.6. The van der Waals surface area contributed by atoms with E-state index in [9.17, 15) is 14.4 Å². The Hall–Kier alpha value is -3.19. The molecular weight excluding hydrogens is 564 g/mol. The summed E-state index contributed by atoms with van der Waals surface area (Å²) < 4.78 is 13.7. The van der Waals surface area contributed by atoms with Crippen molar-refractivity contribution in [1.82, 2.24) is 0 Å². The van der Waals surface area contributed by atoms with Gasteiger partial charge in [0.25, 0.3) is 8.32 Å². The van der Waals surface area contributed by atoms with Crippen molar-refractivity contribution in [3.05, 3.63) is 96.6 Å². The van der Waals surface area contributed by atoms with E-state index < -0.39 is 32.2 Å². The molecule has 5 nitrogen and oxygen atoms in total. The number of hydrogen-bond acceptors (Lipinski definition) is 5. The predicted molar refractivity (Wildman–Crippen MR) is 181 cm³/mol. The molecule has 2 unspecified atom stereocenters. The SMILES string of the molecule is CCC(=O)C(C)C(=O)C(C)C(=O)[C@H](C)[C@H](OCc1ccccc1)[C@@H](C)CO[Si](c1ccccc1)(c1ccccc1)C(C)(C)C. The average Bonchev–Trinajstić information content (AvgIpc) is 3.04. The predicted octanol–water partition coefficient (Wildman–Crippen LogP) is 6.81. The molecule has 3 rings (SSSR count). The first-order valence-electron chi connectivity index (χ1n) is 15.9. The van der Waals surface area contributed by atoms with E-state index in [1.165, 1.54) is 10.4 Å². The maximum absolute atomic E-state index is 13.8. The van der Waals surface area contributed by atoms with Crippen molar-refractivity contribution in [1.29, 1.82) is 0 Å². The Morgan fingerprint density at radius 2 is 1.18 bits per heavy atom. The first kappa shape index (κ1) is 35.3. The molecule has 0 fully saturated rings. The summed E-state index contributed by atoms with van der Waals surface area (Å²) in [6, 6.07) is 30.8. The van der Waals surface area contributed by atoms with Gasteiger partial charge in [0, 0.05) is 24.9 Å². The van der Waals surface area contributed by atoms with Gasteiger partial charge in [0.2, 0.25) is 0 Å². The van der Waals surface area contributed by atoms with Gasteiger partial charge in [0.1, 0.15) is 11.6 Å². The Morgan fingerprint density at radius 3 is 1.64 bits per heavy atom. The molecule has 0 bridgehead atoms. The molecule has 0 N–H and O–H groups in total. The summed E-state index contributed by atoms with van der Waals surface area (Å²) in [6.45, 7) is 16.3. The van der Waals surface area contributed by atoms with Crippen LogP contribution in [0, 0.1) is 23.7 Å². The topological polar surface area (TPSA) is 69.7 Å². The van der Waals surface area contributed by atoms with Crippen LogP contribution in [0.25, 0.3) is 0 Å². The Morgan fingerprint density at radius 1 is 0.705 bits per heavy atom. The van der Waals surface area contributed by atoms with Crippen molar-refractivity contribution in [2.45, 2.75) is 79.6 Å². The lowest BCUT2D eigenvalue weighted by Crippen LogP contribution is -2.67. The molecule has 0 radical (unpaired) electrons. The number of rotatable bonds is 16. The van der Waals surface area contributed by atoms with Crippen LogP contribution in [0.5, 0.6) is 0 Å². The normalized spacial score (nSPS) is 15.5. The van der Waals surface area contributed by atoms with Gasteiger partial charge in [-0.05, 0) is 34.8 Å². The van der Waals surface area contributed by atoms with Crippen molar-refractivity contribution in [2.24, 2.45) is 23.7 Å². The molecule has 0 saturated carbocycles. The van der Waals surface area contributed by atoms with Crippen molar-refractivity contribution >= 4 is 36.0 Å². The Bertz CT molecular complexity index is 1310. The summed E-state index contributed by atoms with van der Waals surface area (Å²) in [5.41, 5.74) is 1.00. The third-order valence-electron chi connectivity index (χ3n) is 8.88. The Labute approximate surface area is 265 Å². The first-order chi connectivity index (χ1) is 20.8. The second kappa shape index (κ2) is 15.7. The molecule has 0 amide bonds. The Balaban J connectivity index is 1.96. The van der Waals surface area contributed by atoms with Crippen LogP contribution in [0.15, 0.2) is 91.0 Å². The van der Waals surface area contributed by atoms with Gasteiger partial charge in [-0.3, -0.25) is 14.4 Å². The minimum Gasteiger partial charge on any atom is -0.407 e. The van der Waals surface area contributed by atoms with Crippen molar-refractivity contribution in [3.63, 3.8) is 0 Å². The second-order valence-corrected chi connectivity index (χ2v) is 17.4. The molecule has 3 aromatic rings. The summed E-state index contributed by atoms with van der Waals surface area (Å²) in [5, 5.41) is 2.18. The fourth-order valence-electron chi connectivity index (χ4n) is 6.22. The first-order valence-corrected chi connectivity index (χ1v) is 17.8. The number of carbonyl (C=O) groups excluding carboxylic acids is 3. The summed E-state index contributed by atoms with van der Waals surface area (Å²) in [6.07, 6.45) is -0.239. The molecule has 44 heavy (non-hydrogen) atoms. The van der Waals surface area contributed by atoms with Gasteiger partial charge in [-0.1, -0.05) is 133 Å². The molecule has 0 aliphatic rings. The van der Waals surface area contributed by atoms with Crippen molar-refractivity contribution in [2.75, 3.05) is 6.61 Å². The number of Topliss-reactive ketones (excluding diaryl/α,β-unsaturated/α-hetero) is 3. The fourth-order valence-corrected chi connectivity index (χ4v) is 10.9. The zero-order chi connectivity index (χ0) is 32.5. The summed E-state index contributed by atoms with van der Waals surface area (Å²) in [5.74, 6) is -3.14. The van der Waals surface area contributed by atoms with E-state index in [2.05, 4.69) is 76.2 Å². The van der Waals surface area contributed by atoms with Crippen LogP contribution in [-0.2, 0) is 30.2 Å². The van der Waals surface area contributed by atoms with Gasteiger partial charge >= 0.3 is 0 Å². The number of ketones is 3. The third kappa shape index (κ3) is 8.09. The number of benzene rings is 3. The molecule has 0 aromatic heterocycles. The lowest BCUT2D eigenvalue weighted by atomic mass is 9.81. The van der Waals surface area contributed by atoms with E-state index in [1.807, 2.05) is 49.4 Å². The van der Waals surface area contributed by atoms with E-state index in [-0.39, 0.29) is 34.7 Å². The van der Waals surface area contributed by atoms with Crippen molar-refractivity contribution < 1.29 is 23.5 Å². The standard InChI is InChI=1S/C38H50O5Si/c1-9-34(39)28(3)35(40)29(4)36(41)30(5)37(42-26-31-19-13-10-14-20-31)27(2)25-43-44(38(6,7)8,32-21-15-11-16-22-32)33-23-17-12-18-24-33/h10-24,27-30,37H,9,25-26H2,1-8H3/t27-,28?,29?,30-,37+/m0/s1. The molecule has 6 heteroatoms. The summed E-state index contributed by atoms with van der Waals surface area (Å²) >= 11 is 0. The second-order valence-electron chi connectivity index (χ2n) is 13.1. The van der Waals surface area contributed by atoms with Crippen LogP contribution in [-0.4, -0.2) is 38.4 Å². The molecule has 3 aromatic carbocycles. The zero-order valence-electron chi connectivity index (χ0n) is 27.7. The van der Waals surface area contributed by atoms with Gasteiger partial charge in [0.15, 0.2) is 5.78 Å². The van der Waals surface area contributed by atoms with Crippen LogP contribution in [0.1, 0.15) is 67.4 Å². The highest BCUT2D eigenvalue weighted by Crippen LogP contribution is 2.37. The molecule has 5 atom stereocenters. The average molecular weight is 615 g/mol. The zero-order valence-corrected chi connectivity index (χ0v) is 28.7. The van der Waals surface area contributed by atoms with Crippen LogP contribution in [0.3, 0.4) is 0 Å². The maximum Gasteiger partial charge on any atom is 0.261 e. The highest BCUT2D eigenvalue weighted by atomic mass is 28.4. The molecule has 0 aliphatic heterocycles. The quantitative estimate of drug-likeness (QED) is 0.131. The highest BCUT2D eigenvalue weighted by Gasteiger charge is 2.50. The minimum atomic E-state index is -2.81. The smallest absolute Gasteiger partial charge is 0.261 e. The summed E-state index contributed by atoms with van der Waals surface area (Å²) in [7, 11) is -2.81. The van der Waals surface area contributed by atoms with Gasteiger partial charge in [-0.15, -0.1) is 0 Å². The largest absolute Gasteiger partial charge is 0.407 e. The number of carbonyl (C=O) groups is 3. The van der Waals surface area contributed by atoms with E-state index in [1.54, 1.807) is 20.8 Å². The third-order valence-corrected chi connectivity index (χ3v) is 13.9. The summed E-state index contributed by atoms with van der Waals surface area (Å²) in [4.78, 5) is 39.2. The van der Waals surface area contributed by atoms with Gasteiger partial charge < -0.3 is 9.16 Å². The number of ether oxygens (including phenoxy) is 1. The van der Waals surface area contributed by atoms with Crippen LogP contribution in [0.4, 0.5) is 0 Å². The fraction of sp³-hybridized carbons (Fsp3) is 0.447. The van der Waals surface area contributed by atoms with Gasteiger partial charge in [-0.2, -0.15) is 0 Å². The monoisotopic (exact) mass is 614 g/mol. The van der Waals surface area contributed by atoms with E-state index >= 15 is 0 Å². The molecule has 0 saturated heterocycles. The highest BCUT2D eigenvalue weighted by molar-refractivity contribution is 6.99. The van der Waals surface area contributed by atoms with Crippen LogP contribution >= 0.6 is 0 Å². The minimum absolute atomic E-state index is 0.147. The number of hydrogen-bond donors (Lipinski definition) is 0. The lowest BCUT2D eigenvalue weighted by molar-refractivity contribution is -0.142. The molecular formula is C38H50O5Si. The van der Waals surface area contributed by atoms with E-state index in [0.717, 1.165) is 5.56 Å². The lowest BCUT2D eigenvalue weighted by Gasteiger charge is -2.44. The molecule has 0 spiro atoms. The van der Waals surface area contributed by atoms with Gasteiger partial charge in [-0.25, -0.2) is 0 Å². The van der Waals surface area contributed by atoms with E-state index in [4.69, 9.17) is 9.16 Å². The van der Waals surface area contributed by atoms with E-state index in [0.29, 0.717) is 13.2 Å². The maximum atomic E-state index is 13.8. The van der Waals surface area contributed by atoms with Crippen LogP contribution in [0.2, 0.25) is 5.04 Å². The van der Waals surface area contributed by atoms with Crippen molar-refractivity contribution in [3.8, 4) is 0 Å². The molecule has 236 valence electrons. The van der Waals surface area contributed by atoms with Gasteiger partial charge in [0.05, 0.1) is 24.5 Å². The van der Waals surface area contributed by atoms with Crippen LogP contribution < -0.4 is 10.4 Å². The molecule has 0 aliphatic carbocycles. The molecule has 0 heterocycles.